The number of hydrogen-bond acceptors (Lipinski definition) is 7. The van der Waals surface area contributed by atoms with Crippen molar-refractivity contribution < 1.29 is 9.26 Å². The second-order valence-electron chi connectivity index (χ2n) is 6.47. The minimum atomic E-state index is -0.253. The quantitative estimate of drug-likeness (QED) is 0.458. The van der Waals surface area contributed by atoms with Crippen molar-refractivity contribution in [2.24, 2.45) is 0 Å². The van der Waals surface area contributed by atoms with Crippen molar-refractivity contribution in [2.75, 3.05) is 7.11 Å². The fourth-order valence-electron chi connectivity index (χ4n) is 3.20. The van der Waals surface area contributed by atoms with Crippen molar-refractivity contribution in [3.8, 4) is 34.4 Å². The molecule has 0 aliphatic carbocycles. The van der Waals surface area contributed by atoms with Gasteiger partial charge in [0.1, 0.15) is 5.75 Å². The summed E-state index contributed by atoms with van der Waals surface area (Å²) in [6.07, 6.45) is 3.31. The summed E-state index contributed by atoms with van der Waals surface area (Å²) in [6.45, 7) is 0. The Morgan fingerprint density at radius 3 is 2.57 bits per heavy atom. The minimum absolute atomic E-state index is 0.217. The highest BCUT2D eigenvalue weighted by Crippen LogP contribution is 2.26. The first-order chi connectivity index (χ1) is 14.7. The molecule has 0 saturated carbocycles. The van der Waals surface area contributed by atoms with Crippen LogP contribution in [0.4, 0.5) is 0 Å². The number of fused-ring (bicyclic) bond motifs is 1. The molecule has 8 heteroatoms. The first-order valence-electron chi connectivity index (χ1n) is 9.15. The van der Waals surface area contributed by atoms with Crippen molar-refractivity contribution in [1.29, 1.82) is 0 Å². The van der Waals surface area contributed by atoms with Crippen molar-refractivity contribution in [1.82, 2.24) is 24.9 Å². The Bertz CT molecular complexity index is 1410. The van der Waals surface area contributed by atoms with Crippen LogP contribution in [0.3, 0.4) is 0 Å². The lowest BCUT2D eigenvalue weighted by Crippen LogP contribution is -2.22. The Labute approximate surface area is 170 Å². The van der Waals surface area contributed by atoms with E-state index in [0.717, 1.165) is 5.56 Å². The molecule has 3 heterocycles. The third kappa shape index (κ3) is 3.00. The van der Waals surface area contributed by atoms with E-state index in [0.29, 0.717) is 33.7 Å². The number of hydrogen-bond donors (Lipinski definition) is 0. The van der Waals surface area contributed by atoms with Crippen LogP contribution in [0.2, 0.25) is 0 Å². The average molecular weight is 397 g/mol. The van der Waals surface area contributed by atoms with Gasteiger partial charge in [-0.3, -0.25) is 9.78 Å². The number of nitrogens with zero attached hydrogens (tertiary/aromatic N) is 5. The molecule has 0 amide bonds. The van der Waals surface area contributed by atoms with Crippen LogP contribution < -0.4 is 10.3 Å². The number of aromatic nitrogens is 5. The number of benzene rings is 2. The van der Waals surface area contributed by atoms with E-state index in [2.05, 4.69) is 20.2 Å². The first-order valence-corrected chi connectivity index (χ1v) is 9.15. The maximum atomic E-state index is 13.1. The smallest absolute Gasteiger partial charge is 0.279 e. The van der Waals surface area contributed by atoms with Gasteiger partial charge in [0.25, 0.3) is 11.4 Å². The fraction of sp³-hybridized carbons (Fsp3) is 0.0455. The van der Waals surface area contributed by atoms with E-state index >= 15 is 0 Å². The van der Waals surface area contributed by atoms with E-state index < -0.39 is 0 Å². The number of pyridine rings is 1. The van der Waals surface area contributed by atoms with Gasteiger partial charge in [-0.1, -0.05) is 29.4 Å². The van der Waals surface area contributed by atoms with Crippen LogP contribution in [0.15, 0.2) is 82.4 Å². The lowest BCUT2D eigenvalue weighted by atomic mass is 10.1. The molecule has 0 N–H and O–H groups in total. The summed E-state index contributed by atoms with van der Waals surface area (Å²) in [5.74, 6) is 1.25. The fourth-order valence-corrected chi connectivity index (χ4v) is 3.20. The predicted octanol–water partition coefficient (Wildman–Crippen LogP) is 3.51. The topological polar surface area (TPSA) is 95.9 Å². The summed E-state index contributed by atoms with van der Waals surface area (Å²) in [7, 11) is 1.57. The summed E-state index contributed by atoms with van der Waals surface area (Å²) in [5, 5.41) is 9.75. The van der Waals surface area contributed by atoms with E-state index in [-0.39, 0.29) is 11.4 Å². The zero-order valence-electron chi connectivity index (χ0n) is 15.9. The monoisotopic (exact) mass is 397 g/mol. The highest BCUT2D eigenvalue weighted by atomic mass is 16.5. The van der Waals surface area contributed by atoms with Gasteiger partial charge in [-0.05, 0) is 30.3 Å². The molecular formula is C22H15N5O3. The zero-order valence-corrected chi connectivity index (χ0v) is 15.9. The molecule has 5 rings (SSSR count). The summed E-state index contributed by atoms with van der Waals surface area (Å²) < 4.78 is 12.1. The predicted molar refractivity (Wildman–Crippen MR) is 110 cm³/mol. The molecule has 146 valence electrons. The molecule has 0 fully saturated rings. The van der Waals surface area contributed by atoms with E-state index in [1.165, 1.54) is 4.68 Å². The summed E-state index contributed by atoms with van der Waals surface area (Å²) >= 11 is 0. The van der Waals surface area contributed by atoms with Crippen LogP contribution in [-0.4, -0.2) is 32.0 Å². The van der Waals surface area contributed by atoms with Crippen LogP contribution in [0.1, 0.15) is 0 Å². The van der Waals surface area contributed by atoms with Gasteiger partial charge in [0.05, 0.1) is 18.2 Å². The van der Waals surface area contributed by atoms with Crippen LogP contribution in [0.5, 0.6) is 5.75 Å². The molecule has 0 aliphatic heterocycles. The van der Waals surface area contributed by atoms with Crippen LogP contribution in [-0.2, 0) is 0 Å². The van der Waals surface area contributed by atoms with E-state index in [1.54, 1.807) is 68.0 Å². The Hall–Kier alpha value is -4.33. The lowest BCUT2D eigenvalue weighted by Gasteiger charge is -2.10. The van der Waals surface area contributed by atoms with Gasteiger partial charge >= 0.3 is 0 Å². The van der Waals surface area contributed by atoms with E-state index in [9.17, 15) is 4.79 Å². The van der Waals surface area contributed by atoms with Crippen LogP contribution in [0.25, 0.3) is 39.4 Å². The zero-order chi connectivity index (χ0) is 20.5. The highest BCUT2D eigenvalue weighted by molar-refractivity contribution is 5.92. The maximum absolute atomic E-state index is 13.1. The Kier molecular flexibility index (Phi) is 4.29. The second-order valence-corrected chi connectivity index (χ2v) is 6.47. The number of ether oxygens (including phenoxy) is 1. The second kappa shape index (κ2) is 7.25. The molecule has 0 spiro atoms. The molecule has 8 nitrogen and oxygen atoms in total. The standard InChI is InChI=1S/C22H15N5O3/c1-29-16-6-4-5-15(13-16)27-22(28)18-8-3-2-7-17(18)19(25-27)21-24-20(26-30-21)14-9-11-23-12-10-14/h2-13H,1H3. The molecular weight excluding hydrogens is 382 g/mol. The average Bonchev–Trinajstić information content (AvgIpc) is 3.30. The largest absolute Gasteiger partial charge is 0.497 e. The number of rotatable bonds is 4. The summed E-state index contributed by atoms with van der Waals surface area (Å²) in [5.41, 5.74) is 1.50. The van der Waals surface area contributed by atoms with Crippen molar-refractivity contribution >= 4 is 10.8 Å². The molecule has 0 atom stereocenters. The maximum Gasteiger partial charge on any atom is 0.279 e. The number of methoxy groups -OCH3 is 1. The van der Waals surface area contributed by atoms with Gasteiger partial charge in [-0.15, -0.1) is 0 Å². The van der Waals surface area contributed by atoms with Crippen LogP contribution >= 0.6 is 0 Å². The van der Waals surface area contributed by atoms with E-state index in [1.807, 2.05) is 12.1 Å². The van der Waals surface area contributed by atoms with Crippen molar-refractivity contribution in [3.63, 3.8) is 0 Å². The van der Waals surface area contributed by atoms with Crippen molar-refractivity contribution in [2.45, 2.75) is 0 Å². The van der Waals surface area contributed by atoms with Gasteiger partial charge in [0.2, 0.25) is 5.82 Å². The van der Waals surface area contributed by atoms with Gasteiger partial charge < -0.3 is 9.26 Å². The molecule has 5 aromatic rings. The Balaban J connectivity index is 1.73. The lowest BCUT2D eigenvalue weighted by molar-refractivity contribution is 0.414. The molecule has 30 heavy (non-hydrogen) atoms. The summed E-state index contributed by atoms with van der Waals surface area (Å²) in [4.78, 5) is 21.6. The SMILES string of the molecule is COc1cccc(-n2nc(-c3nc(-c4ccncc4)no3)c3ccccc3c2=O)c1. The van der Waals surface area contributed by atoms with Gasteiger partial charge in [-0.2, -0.15) is 14.8 Å². The van der Waals surface area contributed by atoms with Gasteiger partial charge in [0.15, 0.2) is 5.69 Å². The molecule has 2 aromatic carbocycles. The third-order valence-corrected chi connectivity index (χ3v) is 4.67. The van der Waals surface area contributed by atoms with Crippen molar-refractivity contribution in [3.05, 3.63) is 83.4 Å². The highest BCUT2D eigenvalue weighted by Gasteiger charge is 2.19. The Morgan fingerprint density at radius 2 is 1.77 bits per heavy atom. The first kappa shape index (κ1) is 17.7. The molecule has 3 aromatic heterocycles. The summed E-state index contributed by atoms with van der Waals surface area (Å²) in [6, 6.07) is 17.9. The molecule has 0 radical (unpaired) electrons. The molecule has 0 aliphatic rings. The van der Waals surface area contributed by atoms with Crippen LogP contribution in [0, 0.1) is 0 Å². The third-order valence-electron chi connectivity index (χ3n) is 4.67. The minimum Gasteiger partial charge on any atom is -0.497 e. The van der Waals surface area contributed by atoms with E-state index in [4.69, 9.17) is 9.26 Å². The molecule has 0 unspecified atom stereocenters. The van der Waals surface area contributed by atoms with Gasteiger partial charge in [-0.25, -0.2) is 0 Å². The molecule has 0 saturated heterocycles. The molecule has 0 bridgehead atoms. The Morgan fingerprint density at radius 1 is 0.967 bits per heavy atom. The van der Waals surface area contributed by atoms with Gasteiger partial charge in [0, 0.05) is 29.4 Å². The normalized spacial score (nSPS) is 11.0.